The summed E-state index contributed by atoms with van der Waals surface area (Å²) in [4.78, 5) is 23.7. The van der Waals surface area contributed by atoms with E-state index in [0.717, 1.165) is 25.8 Å². The van der Waals surface area contributed by atoms with E-state index >= 15 is 0 Å². The highest BCUT2D eigenvalue weighted by atomic mass is 16.4. The van der Waals surface area contributed by atoms with Crippen molar-refractivity contribution in [3.63, 3.8) is 0 Å². The molecule has 1 rings (SSSR count). The van der Waals surface area contributed by atoms with Crippen molar-refractivity contribution in [3.8, 4) is 0 Å². The molecule has 1 aliphatic rings. The summed E-state index contributed by atoms with van der Waals surface area (Å²) in [5.41, 5.74) is 0. The van der Waals surface area contributed by atoms with Crippen LogP contribution in [0, 0.1) is 0 Å². The van der Waals surface area contributed by atoms with Crippen LogP contribution < -0.4 is 5.32 Å². The van der Waals surface area contributed by atoms with E-state index in [-0.39, 0.29) is 25.0 Å². The molecule has 5 nitrogen and oxygen atoms in total. The summed E-state index contributed by atoms with van der Waals surface area (Å²) >= 11 is 0. The molecule has 1 saturated heterocycles. The lowest BCUT2D eigenvalue weighted by Gasteiger charge is -2.33. The third kappa shape index (κ3) is 3.56. The number of likely N-dealkylation sites (tertiary alicyclic amines) is 1. The van der Waals surface area contributed by atoms with Gasteiger partial charge in [0.05, 0.1) is 12.5 Å². The minimum atomic E-state index is -0.904. The van der Waals surface area contributed by atoms with Gasteiger partial charge in [0.1, 0.15) is 0 Å². The maximum Gasteiger partial charge on any atom is 0.317 e. The van der Waals surface area contributed by atoms with Crippen molar-refractivity contribution >= 4 is 12.0 Å². The van der Waals surface area contributed by atoms with Gasteiger partial charge in [-0.3, -0.25) is 4.79 Å². The Labute approximate surface area is 95.1 Å². The lowest BCUT2D eigenvalue weighted by molar-refractivity contribution is -0.136. The zero-order valence-electron chi connectivity index (χ0n) is 9.32. The number of hydrogen-bond acceptors (Lipinski definition) is 2. The summed E-state index contributed by atoms with van der Waals surface area (Å²) in [7, 11) is 0. The quantitative estimate of drug-likeness (QED) is 0.708. The predicted octanol–water partition coefficient (Wildman–Crippen LogP) is 1.21. The number of rotatable bonds is 4. The topological polar surface area (TPSA) is 69.6 Å². The third-order valence-electron chi connectivity index (χ3n) is 2.70. The Bertz CT molecular complexity index is 278. The maximum atomic E-state index is 11.7. The van der Waals surface area contributed by atoms with E-state index in [1.807, 2.05) is 0 Å². The Morgan fingerprint density at radius 1 is 1.50 bits per heavy atom. The molecule has 16 heavy (non-hydrogen) atoms. The van der Waals surface area contributed by atoms with Gasteiger partial charge in [-0.2, -0.15) is 0 Å². The summed E-state index contributed by atoms with van der Waals surface area (Å²) in [6.45, 7) is 4.60. The highest BCUT2D eigenvalue weighted by molar-refractivity contribution is 5.75. The van der Waals surface area contributed by atoms with Gasteiger partial charge >= 0.3 is 12.0 Å². The molecule has 1 unspecified atom stereocenters. The second-order valence-corrected chi connectivity index (χ2v) is 3.87. The van der Waals surface area contributed by atoms with Crippen LogP contribution in [0.4, 0.5) is 4.79 Å². The standard InChI is InChI=1S/C11H18N2O3/c1-2-9-5-3-4-8-13(9)11(16)12-7-6-10(14)15/h2,9H,1,3-8H2,(H,12,16)(H,14,15). The Morgan fingerprint density at radius 2 is 2.25 bits per heavy atom. The van der Waals surface area contributed by atoms with E-state index in [1.54, 1.807) is 11.0 Å². The van der Waals surface area contributed by atoms with E-state index < -0.39 is 5.97 Å². The minimum absolute atomic E-state index is 0.0433. The summed E-state index contributed by atoms with van der Waals surface area (Å²) < 4.78 is 0. The molecule has 0 aromatic carbocycles. The number of carboxylic acid groups (broad SMARTS) is 1. The minimum Gasteiger partial charge on any atom is -0.481 e. The van der Waals surface area contributed by atoms with Gasteiger partial charge in [-0.1, -0.05) is 6.08 Å². The number of carboxylic acids is 1. The van der Waals surface area contributed by atoms with Crippen LogP contribution in [0.15, 0.2) is 12.7 Å². The highest BCUT2D eigenvalue weighted by Gasteiger charge is 2.23. The van der Waals surface area contributed by atoms with Gasteiger partial charge in [0.2, 0.25) is 0 Å². The molecule has 0 aromatic heterocycles. The summed E-state index contributed by atoms with van der Waals surface area (Å²) in [6, 6.07) is -0.107. The molecule has 2 N–H and O–H groups in total. The van der Waals surface area contributed by atoms with Crippen molar-refractivity contribution in [3.05, 3.63) is 12.7 Å². The van der Waals surface area contributed by atoms with E-state index in [0.29, 0.717) is 0 Å². The van der Waals surface area contributed by atoms with Crippen LogP contribution in [0.25, 0.3) is 0 Å². The number of amides is 2. The first-order valence-electron chi connectivity index (χ1n) is 5.54. The first-order chi connectivity index (χ1) is 7.65. The molecule has 1 heterocycles. The van der Waals surface area contributed by atoms with Crippen LogP contribution >= 0.6 is 0 Å². The fourth-order valence-electron chi connectivity index (χ4n) is 1.83. The van der Waals surface area contributed by atoms with Crippen molar-refractivity contribution < 1.29 is 14.7 Å². The average Bonchev–Trinajstić information content (AvgIpc) is 2.28. The second kappa shape index (κ2) is 6.15. The van der Waals surface area contributed by atoms with E-state index in [9.17, 15) is 9.59 Å². The summed E-state index contributed by atoms with van der Waals surface area (Å²) in [6.07, 6.45) is 4.77. The fourth-order valence-corrected chi connectivity index (χ4v) is 1.83. The molecule has 0 radical (unpaired) electrons. The lowest BCUT2D eigenvalue weighted by Crippen LogP contribution is -2.48. The maximum absolute atomic E-state index is 11.7. The average molecular weight is 226 g/mol. The van der Waals surface area contributed by atoms with Crippen molar-refractivity contribution in [2.24, 2.45) is 0 Å². The third-order valence-corrected chi connectivity index (χ3v) is 2.70. The predicted molar refractivity (Wildman–Crippen MR) is 60.2 cm³/mol. The smallest absolute Gasteiger partial charge is 0.317 e. The number of nitrogens with zero attached hydrogens (tertiary/aromatic N) is 1. The lowest BCUT2D eigenvalue weighted by atomic mass is 10.0. The van der Waals surface area contributed by atoms with Crippen LogP contribution in [0.1, 0.15) is 25.7 Å². The molecule has 0 bridgehead atoms. The van der Waals surface area contributed by atoms with Crippen molar-refractivity contribution in [1.82, 2.24) is 10.2 Å². The monoisotopic (exact) mass is 226 g/mol. The molecule has 0 aromatic rings. The SMILES string of the molecule is C=CC1CCCCN1C(=O)NCCC(=O)O. The highest BCUT2D eigenvalue weighted by Crippen LogP contribution is 2.17. The molecule has 2 amide bonds. The molecular formula is C11H18N2O3. The number of carbonyl (C=O) groups excluding carboxylic acids is 1. The van der Waals surface area contributed by atoms with Crippen LogP contribution in [0.2, 0.25) is 0 Å². The fraction of sp³-hybridized carbons (Fsp3) is 0.636. The van der Waals surface area contributed by atoms with Gasteiger partial charge in [-0.15, -0.1) is 6.58 Å². The summed E-state index contributed by atoms with van der Waals surface area (Å²) in [5, 5.41) is 11.1. The molecule has 0 spiro atoms. The van der Waals surface area contributed by atoms with Crippen molar-refractivity contribution in [2.75, 3.05) is 13.1 Å². The molecular weight excluding hydrogens is 208 g/mol. The second-order valence-electron chi connectivity index (χ2n) is 3.87. The zero-order chi connectivity index (χ0) is 12.0. The number of urea groups is 1. The molecule has 1 atom stereocenters. The molecule has 1 aliphatic heterocycles. The first kappa shape index (κ1) is 12.5. The molecule has 0 aliphatic carbocycles. The van der Waals surface area contributed by atoms with Gasteiger partial charge < -0.3 is 15.3 Å². The molecule has 1 fully saturated rings. The van der Waals surface area contributed by atoms with Crippen LogP contribution in [-0.2, 0) is 4.79 Å². The van der Waals surface area contributed by atoms with E-state index in [4.69, 9.17) is 5.11 Å². The van der Waals surface area contributed by atoms with Gasteiger partial charge in [0, 0.05) is 13.1 Å². The van der Waals surface area contributed by atoms with Gasteiger partial charge in [-0.25, -0.2) is 4.79 Å². The van der Waals surface area contributed by atoms with Crippen molar-refractivity contribution in [1.29, 1.82) is 0 Å². The van der Waals surface area contributed by atoms with Crippen molar-refractivity contribution in [2.45, 2.75) is 31.7 Å². The molecule has 90 valence electrons. The van der Waals surface area contributed by atoms with Gasteiger partial charge in [0.25, 0.3) is 0 Å². The summed E-state index contributed by atoms with van der Waals surface area (Å²) in [5.74, 6) is -0.904. The Kier molecular flexibility index (Phi) is 4.82. The van der Waals surface area contributed by atoms with Gasteiger partial charge in [-0.05, 0) is 19.3 Å². The number of nitrogens with one attached hydrogen (secondary N) is 1. The molecule has 5 heteroatoms. The first-order valence-corrected chi connectivity index (χ1v) is 5.54. The van der Waals surface area contributed by atoms with Gasteiger partial charge in [0.15, 0.2) is 0 Å². The largest absolute Gasteiger partial charge is 0.481 e. The van der Waals surface area contributed by atoms with Crippen LogP contribution in [0.3, 0.4) is 0 Å². The Morgan fingerprint density at radius 3 is 2.88 bits per heavy atom. The van der Waals surface area contributed by atoms with Crippen LogP contribution in [0.5, 0.6) is 0 Å². The number of piperidine rings is 1. The Hall–Kier alpha value is -1.52. The molecule has 0 saturated carbocycles. The van der Waals surface area contributed by atoms with E-state index in [2.05, 4.69) is 11.9 Å². The number of hydrogen-bond donors (Lipinski definition) is 2. The number of aliphatic carboxylic acids is 1. The van der Waals surface area contributed by atoms with E-state index in [1.165, 1.54) is 0 Å². The normalized spacial score (nSPS) is 20.2. The van der Waals surface area contributed by atoms with Crippen LogP contribution in [-0.4, -0.2) is 41.1 Å². The number of carbonyl (C=O) groups is 2. The zero-order valence-corrected chi connectivity index (χ0v) is 9.32. The Balaban J connectivity index is 2.38.